The minimum absolute atomic E-state index is 0.0492. The fourth-order valence-corrected chi connectivity index (χ4v) is 1.23. The van der Waals surface area contributed by atoms with E-state index in [-0.39, 0.29) is 17.1 Å². The summed E-state index contributed by atoms with van der Waals surface area (Å²) in [5.41, 5.74) is 0.0492. The maximum absolute atomic E-state index is 13.3. The summed E-state index contributed by atoms with van der Waals surface area (Å²) in [5.74, 6) is -0.0111. The molecule has 0 saturated heterocycles. The number of aromatic nitrogens is 1. The molecule has 1 aromatic carbocycles. The quantitative estimate of drug-likeness (QED) is 0.756. The topological polar surface area (TPSA) is 46.3 Å². The van der Waals surface area contributed by atoms with Crippen LogP contribution in [0.25, 0.3) is 11.3 Å². The molecular weight excluding hydrogens is 185 g/mol. The van der Waals surface area contributed by atoms with Gasteiger partial charge in [0.15, 0.2) is 11.7 Å². The molecule has 1 heterocycles. The zero-order valence-electron chi connectivity index (χ0n) is 7.49. The van der Waals surface area contributed by atoms with Crippen molar-refractivity contribution >= 4 is 0 Å². The third-order valence-corrected chi connectivity index (χ3v) is 1.86. The number of halogens is 1. The van der Waals surface area contributed by atoms with Gasteiger partial charge < -0.3 is 9.52 Å². The van der Waals surface area contributed by atoms with Crippen LogP contribution in [-0.2, 0) is 0 Å². The second kappa shape index (κ2) is 3.14. The van der Waals surface area contributed by atoms with E-state index >= 15 is 0 Å². The van der Waals surface area contributed by atoms with E-state index in [0.29, 0.717) is 5.89 Å². The lowest BCUT2D eigenvalue weighted by atomic mass is 10.1. The molecule has 2 aromatic rings. The molecule has 3 nitrogen and oxygen atoms in total. The zero-order valence-corrected chi connectivity index (χ0v) is 7.49. The lowest BCUT2D eigenvalue weighted by Crippen LogP contribution is -1.82. The molecule has 0 amide bonds. The summed E-state index contributed by atoms with van der Waals surface area (Å²) in [6, 6.07) is 4.08. The minimum atomic E-state index is -0.527. The second-order valence-electron chi connectivity index (χ2n) is 2.88. The maximum atomic E-state index is 13.3. The Balaban J connectivity index is 2.61. The Morgan fingerprint density at radius 3 is 2.79 bits per heavy atom. The molecule has 0 spiro atoms. The van der Waals surface area contributed by atoms with Crippen molar-refractivity contribution in [1.29, 1.82) is 0 Å². The van der Waals surface area contributed by atoms with Gasteiger partial charge in [0.2, 0.25) is 0 Å². The molecule has 0 saturated carbocycles. The fraction of sp³-hybridized carbons (Fsp3) is 0.100. The van der Waals surface area contributed by atoms with Gasteiger partial charge in [-0.25, -0.2) is 9.37 Å². The van der Waals surface area contributed by atoms with Crippen LogP contribution in [0.5, 0.6) is 5.75 Å². The molecular formula is C10H8FNO2. The van der Waals surface area contributed by atoms with Crippen molar-refractivity contribution in [2.45, 2.75) is 6.92 Å². The first-order chi connectivity index (χ1) is 6.68. The van der Waals surface area contributed by atoms with Gasteiger partial charge in [0.05, 0.1) is 11.8 Å². The summed E-state index contributed by atoms with van der Waals surface area (Å²) < 4.78 is 18.4. The van der Waals surface area contributed by atoms with Crippen LogP contribution in [0.1, 0.15) is 5.89 Å². The summed E-state index contributed by atoms with van der Waals surface area (Å²) in [6.07, 6.45) is 1.38. The van der Waals surface area contributed by atoms with Gasteiger partial charge in [0, 0.05) is 6.92 Å². The van der Waals surface area contributed by atoms with Crippen LogP contribution >= 0.6 is 0 Å². The van der Waals surface area contributed by atoms with Crippen molar-refractivity contribution in [3.63, 3.8) is 0 Å². The first-order valence-corrected chi connectivity index (χ1v) is 4.09. The van der Waals surface area contributed by atoms with Crippen molar-refractivity contribution in [3.8, 4) is 17.1 Å². The standard InChI is InChI=1S/C10H8FNO2/c1-6-12-5-9(14-6)10-7(11)3-2-4-8(10)13/h2-5,13H,1H3. The highest BCUT2D eigenvalue weighted by molar-refractivity contribution is 5.65. The summed E-state index contributed by atoms with van der Waals surface area (Å²) >= 11 is 0. The molecule has 14 heavy (non-hydrogen) atoms. The monoisotopic (exact) mass is 193 g/mol. The Hall–Kier alpha value is -1.84. The first kappa shape index (κ1) is 8.74. The Morgan fingerprint density at radius 1 is 1.43 bits per heavy atom. The van der Waals surface area contributed by atoms with E-state index in [1.165, 1.54) is 24.4 Å². The summed E-state index contributed by atoms with van der Waals surface area (Å²) in [5, 5.41) is 9.43. The molecule has 0 fully saturated rings. The highest BCUT2D eigenvalue weighted by Gasteiger charge is 2.13. The van der Waals surface area contributed by atoms with Crippen molar-refractivity contribution in [3.05, 3.63) is 36.1 Å². The number of rotatable bonds is 1. The molecule has 2 rings (SSSR count). The Bertz CT molecular complexity index is 445. The lowest BCUT2D eigenvalue weighted by Gasteiger charge is -2.00. The molecule has 1 N–H and O–H groups in total. The minimum Gasteiger partial charge on any atom is -0.507 e. The number of hydrogen-bond acceptors (Lipinski definition) is 3. The maximum Gasteiger partial charge on any atom is 0.191 e. The number of phenols is 1. The van der Waals surface area contributed by atoms with Crippen LogP contribution in [0.3, 0.4) is 0 Å². The Morgan fingerprint density at radius 2 is 2.21 bits per heavy atom. The van der Waals surface area contributed by atoms with E-state index in [1.54, 1.807) is 6.92 Å². The van der Waals surface area contributed by atoms with Gasteiger partial charge in [-0.2, -0.15) is 0 Å². The fourth-order valence-electron chi connectivity index (χ4n) is 1.23. The molecule has 0 atom stereocenters. The Kier molecular flexibility index (Phi) is 1.96. The number of aromatic hydroxyl groups is 1. The van der Waals surface area contributed by atoms with Crippen molar-refractivity contribution in [1.82, 2.24) is 4.98 Å². The van der Waals surface area contributed by atoms with Crippen LogP contribution in [0, 0.1) is 12.7 Å². The van der Waals surface area contributed by atoms with Crippen LogP contribution in [0.4, 0.5) is 4.39 Å². The molecule has 0 aliphatic rings. The van der Waals surface area contributed by atoms with Crippen LogP contribution in [0.2, 0.25) is 0 Å². The average Bonchev–Trinajstić information content (AvgIpc) is 2.51. The third-order valence-electron chi connectivity index (χ3n) is 1.86. The number of oxazole rings is 1. The summed E-state index contributed by atoms with van der Waals surface area (Å²) in [6.45, 7) is 1.65. The van der Waals surface area contributed by atoms with Gasteiger partial charge in [0.25, 0.3) is 0 Å². The predicted octanol–water partition coefficient (Wildman–Crippen LogP) is 2.49. The average molecular weight is 193 g/mol. The first-order valence-electron chi connectivity index (χ1n) is 4.09. The van der Waals surface area contributed by atoms with Crippen molar-refractivity contribution < 1.29 is 13.9 Å². The molecule has 1 aromatic heterocycles. The van der Waals surface area contributed by atoms with Gasteiger partial charge in [-0.05, 0) is 12.1 Å². The molecule has 0 aliphatic carbocycles. The summed E-state index contributed by atoms with van der Waals surface area (Å²) in [7, 11) is 0. The van der Waals surface area contributed by atoms with Crippen LogP contribution in [-0.4, -0.2) is 10.1 Å². The molecule has 72 valence electrons. The number of hydrogen-bond donors (Lipinski definition) is 1. The van der Waals surface area contributed by atoms with Crippen LogP contribution < -0.4 is 0 Å². The smallest absolute Gasteiger partial charge is 0.191 e. The third kappa shape index (κ3) is 1.35. The summed E-state index contributed by atoms with van der Waals surface area (Å²) in [4.78, 5) is 3.83. The van der Waals surface area contributed by atoms with E-state index in [2.05, 4.69) is 4.98 Å². The normalized spacial score (nSPS) is 10.4. The van der Waals surface area contributed by atoms with Gasteiger partial charge in [0.1, 0.15) is 11.6 Å². The van der Waals surface area contributed by atoms with Crippen molar-refractivity contribution in [2.75, 3.05) is 0 Å². The van der Waals surface area contributed by atoms with Gasteiger partial charge in [-0.3, -0.25) is 0 Å². The zero-order chi connectivity index (χ0) is 10.1. The lowest BCUT2D eigenvalue weighted by molar-refractivity contribution is 0.464. The van der Waals surface area contributed by atoms with Crippen LogP contribution in [0.15, 0.2) is 28.8 Å². The van der Waals surface area contributed by atoms with Crippen molar-refractivity contribution in [2.24, 2.45) is 0 Å². The molecule has 0 unspecified atom stereocenters. The second-order valence-corrected chi connectivity index (χ2v) is 2.88. The Labute approximate surface area is 79.8 Å². The van der Waals surface area contributed by atoms with E-state index in [4.69, 9.17) is 4.42 Å². The number of aryl methyl sites for hydroxylation is 1. The molecule has 0 aliphatic heterocycles. The SMILES string of the molecule is Cc1ncc(-c2c(O)cccc2F)o1. The number of nitrogens with zero attached hydrogens (tertiary/aromatic N) is 1. The van der Waals surface area contributed by atoms with Gasteiger partial charge >= 0.3 is 0 Å². The van der Waals surface area contributed by atoms with E-state index in [9.17, 15) is 9.50 Å². The highest BCUT2D eigenvalue weighted by atomic mass is 19.1. The van der Waals surface area contributed by atoms with E-state index in [1.807, 2.05) is 0 Å². The number of phenolic OH excluding ortho intramolecular Hbond substituents is 1. The van der Waals surface area contributed by atoms with E-state index < -0.39 is 5.82 Å². The van der Waals surface area contributed by atoms with E-state index in [0.717, 1.165) is 0 Å². The molecule has 0 radical (unpaired) electrons. The molecule has 0 bridgehead atoms. The highest BCUT2D eigenvalue weighted by Crippen LogP contribution is 2.31. The number of benzene rings is 1. The predicted molar refractivity (Wildman–Crippen MR) is 48.3 cm³/mol. The molecule has 4 heteroatoms. The van der Waals surface area contributed by atoms with Gasteiger partial charge in [-0.1, -0.05) is 6.07 Å². The largest absolute Gasteiger partial charge is 0.507 e. The van der Waals surface area contributed by atoms with Gasteiger partial charge in [-0.15, -0.1) is 0 Å².